The Labute approximate surface area is 95.8 Å². The van der Waals surface area contributed by atoms with Gasteiger partial charge in [0.05, 0.1) is 19.1 Å². The van der Waals surface area contributed by atoms with Crippen molar-refractivity contribution in [1.82, 2.24) is 14.9 Å². The van der Waals surface area contributed by atoms with Crippen molar-refractivity contribution in [2.24, 2.45) is 5.92 Å². The molecule has 0 aromatic carbocycles. The first-order valence-electron chi connectivity index (χ1n) is 5.50. The van der Waals surface area contributed by atoms with E-state index in [-0.39, 0.29) is 5.97 Å². The van der Waals surface area contributed by atoms with E-state index in [9.17, 15) is 4.79 Å². The number of carbonyl (C=O) groups is 1. The van der Waals surface area contributed by atoms with Crippen molar-refractivity contribution in [3.8, 4) is 0 Å². The van der Waals surface area contributed by atoms with Gasteiger partial charge in [0, 0.05) is 6.54 Å². The van der Waals surface area contributed by atoms with E-state index in [1.807, 2.05) is 11.6 Å². The summed E-state index contributed by atoms with van der Waals surface area (Å²) < 4.78 is 6.79. The van der Waals surface area contributed by atoms with Crippen LogP contribution in [0.1, 0.15) is 24.3 Å². The molecule has 0 spiro atoms. The molecule has 1 atom stereocenters. The summed E-state index contributed by atoms with van der Waals surface area (Å²) >= 11 is 0. The van der Waals surface area contributed by atoms with E-state index in [1.54, 1.807) is 19.4 Å². The summed E-state index contributed by atoms with van der Waals surface area (Å²) in [5, 5.41) is 3.10. The van der Waals surface area contributed by atoms with Crippen molar-refractivity contribution >= 4 is 5.97 Å². The first-order chi connectivity index (χ1) is 7.69. The van der Waals surface area contributed by atoms with Gasteiger partial charge in [-0.05, 0) is 26.4 Å². The summed E-state index contributed by atoms with van der Waals surface area (Å²) in [6.45, 7) is 5.96. The van der Waals surface area contributed by atoms with Gasteiger partial charge in [-0.25, -0.2) is 9.78 Å². The van der Waals surface area contributed by atoms with Crippen LogP contribution in [0.5, 0.6) is 0 Å². The number of rotatable bonds is 6. The summed E-state index contributed by atoms with van der Waals surface area (Å²) in [7, 11) is 1.91. The first-order valence-corrected chi connectivity index (χ1v) is 5.50. The molecule has 0 saturated carbocycles. The van der Waals surface area contributed by atoms with E-state index in [2.05, 4.69) is 17.2 Å². The highest BCUT2D eigenvalue weighted by Crippen LogP contribution is 2.06. The Hall–Kier alpha value is -1.36. The number of imidazole rings is 1. The SMILES string of the molecule is CCOC(=O)c1cncn1CC(C)CNC. The van der Waals surface area contributed by atoms with Gasteiger partial charge in [-0.3, -0.25) is 0 Å². The number of hydrogen-bond acceptors (Lipinski definition) is 4. The molecular formula is C11H19N3O2. The molecule has 0 saturated heterocycles. The summed E-state index contributed by atoms with van der Waals surface area (Å²) in [5.41, 5.74) is 0.518. The average Bonchev–Trinajstić information content (AvgIpc) is 2.66. The van der Waals surface area contributed by atoms with Gasteiger partial charge >= 0.3 is 5.97 Å². The van der Waals surface area contributed by atoms with Gasteiger partial charge in [-0.15, -0.1) is 0 Å². The van der Waals surface area contributed by atoms with E-state index < -0.39 is 0 Å². The predicted molar refractivity (Wildman–Crippen MR) is 61.3 cm³/mol. The largest absolute Gasteiger partial charge is 0.461 e. The first kappa shape index (κ1) is 12.7. The highest BCUT2D eigenvalue weighted by molar-refractivity contribution is 5.87. The monoisotopic (exact) mass is 225 g/mol. The third-order valence-corrected chi connectivity index (χ3v) is 2.26. The Morgan fingerprint density at radius 1 is 1.69 bits per heavy atom. The van der Waals surface area contributed by atoms with Crippen LogP contribution in [0.3, 0.4) is 0 Å². The zero-order valence-electron chi connectivity index (χ0n) is 10.1. The fourth-order valence-electron chi connectivity index (χ4n) is 1.59. The van der Waals surface area contributed by atoms with E-state index in [0.717, 1.165) is 13.1 Å². The molecule has 16 heavy (non-hydrogen) atoms. The molecule has 0 bridgehead atoms. The number of esters is 1. The molecule has 0 radical (unpaired) electrons. The molecule has 0 aliphatic carbocycles. The van der Waals surface area contributed by atoms with Crippen molar-refractivity contribution in [3.63, 3.8) is 0 Å². The Kier molecular flexibility index (Phi) is 4.98. The second-order valence-electron chi connectivity index (χ2n) is 3.81. The number of hydrogen-bond donors (Lipinski definition) is 1. The Balaban J connectivity index is 2.66. The zero-order chi connectivity index (χ0) is 12.0. The average molecular weight is 225 g/mol. The van der Waals surface area contributed by atoms with Crippen molar-refractivity contribution in [2.45, 2.75) is 20.4 Å². The number of nitrogens with zero attached hydrogens (tertiary/aromatic N) is 2. The lowest BCUT2D eigenvalue weighted by atomic mass is 10.2. The predicted octanol–water partition coefficient (Wildman–Crippen LogP) is 0.915. The number of aromatic nitrogens is 2. The summed E-state index contributed by atoms with van der Waals surface area (Å²) in [5.74, 6) is 0.129. The molecule has 1 N–H and O–H groups in total. The van der Waals surface area contributed by atoms with Gasteiger partial charge in [0.25, 0.3) is 0 Å². The smallest absolute Gasteiger partial charge is 0.356 e. The van der Waals surface area contributed by atoms with Gasteiger partial charge in [-0.1, -0.05) is 6.92 Å². The van der Waals surface area contributed by atoms with Crippen molar-refractivity contribution in [2.75, 3.05) is 20.2 Å². The van der Waals surface area contributed by atoms with Crippen LogP contribution in [0.4, 0.5) is 0 Å². The maximum absolute atomic E-state index is 11.6. The van der Waals surface area contributed by atoms with E-state index in [1.165, 1.54) is 0 Å². The maximum Gasteiger partial charge on any atom is 0.356 e. The van der Waals surface area contributed by atoms with Gasteiger partial charge < -0.3 is 14.6 Å². The molecule has 90 valence electrons. The topological polar surface area (TPSA) is 56.1 Å². The van der Waals surface area contributed by atoms with Gasteiger partial charge in [0.1, 0.15) is 5.69 Å². The van der Waals surface area contributed by atoms with E-state index in [4.69, 9.17) is 4.74 Å². The fourth-order valence-corrected chi connectivity index (χ4v) is 1.59. The normalized spacial score (nSPS) is 12.4. The van der Waals surface area contributed by atoms with Crippen molar-refractivity contribution in [1.29, 1.82) is 0 Å². The quantitative estimate of drug-likeness (QED) is 0.731. The molecule has 1 rings (SSSR count). The van der Waals surface area contributed by atoms with Gasteiger partial charge in [0.2, 0.25) is 0 Å². The van der Waals surface area contributed by atoms with Gasteiger partial charge in [0.15, 0.2) is 0 Å². The molecule has 5 heteroatoms. The van der Waals surface area contributed by atoms with Crippen LogP contribution in [-0.4, -0.2) is 35.7 Å². The van der Waals surface area contributed by atoms with Crippen LogP contribution >= 0.6 is 0 Å². The van der Waals surface area contributed by atoms with Gasteiger partial charge in [-0.2, -0.15) is 0 Å². The Morgan fingerprint density at radius 2 is 2.44 bits per heavy atom. The molecule has 1 aromatic heterocycles. The molecule has 1 aromatic rings. The minimum Gasteiger partial charge on any atom is -0.461 e. The number of carbonyl (C=O) groups excluding carboxylic acids is 1. The highest BCUT2D eigenvalue weighted by atomic mass is 16.5. The maximum atomic E-state index is 11.6. The highest BCUT2D eigenvalue weighted by Gasteiger charge is 2.14. The van der Waals surface area contributed by atoms with Crippen LogP contribution in [-0.2, 0) is 11.3 Å². The molecule has 1 unspecified atom stereocenters. The van der Waals surface area contributed by atoms with Crippen LogP contribution in [0.2, 0.25) is 0 Å². The Morgan fingerprint density at radius 3 is 3.06 bits per heavy atom. The molecule has 5 nitrogen and oxygen atoms in total. The standard InChI is InChI=1S/C11H19N3O2/c1-4-16-11(15)10-6-13-8-14(10)7-9(2)5-12-3/h6,8-9,12H,4-5,7H2,1-3H3. The molecule has 0 aliphatic rings. The van der Waals surface area contributed by atoms with Crippen LogP contribution in [0.25, 0.3) is 0 Å². The van der Waals surface area contributed by atoms with Crippen molar-refractivity contribution < 1.29 is 9.53 Å². The molecule has 1 heterocycles. The van der Waals surface area contributed by atoms with Crippen LogP contribution in [0, 0.1) is 5.92 Å². The minimum absolute atomic E-state index is 0.309. The van der Waals surface area contributed by atoms with Crippen LogP contribution < -0.4 is 5.32 Å². The summed E-state index contributed by atoms with van der Waals surface area (Å²) in [6.07, 6.45) is 3.21. The summed E-state index contributed by atoms with van der Waals surface area (Å²) in [4.78, 5) is 15.5. The lowest BCUT2D eigenvalue weighted by Gasteiger charge is -2.13. The number of ether oxygens (including phenoxy) is 1. The fraction of sp³-hybridized carbons (Fsp3) is 0.636. The molecule has 0 amide bonds. The van der Waals surface area contributed by atoms with E-state index in [0.29, 0.717) is 18.2 Å². The van der Waals surface area contributed by atoms with Crippen molar-refractivity contribution in [3.05, 3.63) is 18.2 Å². The second-order valence-corrected chi connectivity index (χ2v) is 3.81. The number of nitrogens with one attached hydrogen (secondary N) is 1. The van der Waals surface area contributed by atoms with Crippen LogP contribution in [0.15, 0.2) is 12.5 Å². The molecule has 0 aliphatic heterocycles. The molecular weight excluding hydrogens is 206 g/mol. The zero-order valence-corrected chi connectivity index (χ0v) is 10.1. The lowest BCUT2D eigenvalue weighted by Crippen LogP contribution is -2.22. The minimum atomic E-state index is -0.309. The summed E-state index contributed by atoms with van der Waals surface area (Å²) in [6, 6.07) is 0. The second kappa shape index (κ2) is 6.27. The molecule has 0 fully saturated rings. The third kappa shape index (κ3) is 3.34. The Bertz CT molecular complexity index is 336. The van der Waals surface area contributed by atoms with E-state index >= 15 is 0 Å². The third-order valence-electron chi connectivity index (χ3n) is 2.26. The lowest BCUT2D eigenvalue weighted by molar-refractivity contribution is 0.0512.